The van der Waals surface area contributed by atoms with Gasteiger partial charge in [-0.05, 0) is 69.4 Å². The maximum Gasteiger partial charge on any atom is 0.147 e. The van der Waals surface area contributed by atoms with Crippen LogP contribution in [0.3, 0.4) is 0 Å². The van der Waals surface area contributed by atoms with Gasteiger partial charge < -0.3 is 14.8 Å². The zero-order valence-corrected chi connectivity index (χ0v) is 14.2. The Balaban J connectivity index is 1.91. The molecule has 1 N–H and O–H groups in total. The van der Waals surface area contributed by atoms with E-state index in [2.05, 4.69) is 49.3 Å². The minimum Gasteiger partial charge on any atom is -0.491 e. The predicted octanol–water partition coefficient (Wildman–Crippen LogP) is 3.88. The second-order valence-electron chi connectivity index (χ2n) is 4.69. The summed E-state index contributed by atoms with van der Waals surface area (Å²) < 4.78 is 13.4. The molecule has 0 spiro atoms. The van der Waals surface area contributed by atoms with Crippen LogP contribution in [0.25, 0.3) is 0 Å². The Labute approximate surface area is 131 Å². The van der Waals surface area contributed by atoms with E-state index in [-0.39, 0.29) is 0 Å². The van der Waals surface area contributed by atoms with Crippen LogP contribution in [0.4, 0.5) is 0 Å². The number of rotatable bonds is 6. The summed E-state index contributed by atoms with van der Waals surface area (Å²) in [5, 5.41) is 3.14. The van der Waals surface area contributed by atoms with Gasteiger partial charge in [0, 0.05) is 19.6 Å². The van der Waals surface area contributed by atoms with Gasteiger partial charge in [-0.3, -0.25) is 0 Å². The molecular formula is C14H19Br2NO2. The SMILES string of the molecule is CNCc1cc(Br)c(OCCC2CCCO2)c(Br)c1. The summed E-state index contributed by atoms with van der Waals surface area (Å²) in [5.74, 6) is 0.873. The molecular weight excluding hydrogens is 374 g/mol. The maximum atomic E-state index is 5.87. The van der Waals surface area contributed by atoms with Crippen LogP contribution in [0.5, 0.6) is 5.75 Å². The van der Waals surface area contributed by atoms with E-state index in [0.29, 0.717) is 12.7 Å². The molecule has 2 rings (SSSR count). The molecule has 0 aliphatic carbocycles. The second kappa shape index (κ2) is 7.62. The van der Waals surface area contributed by atoms with Crippen LogP contribution in [-0.4, -0.2) is 26.4 Å². The molecule has 0 saturated carbocycles. The minimum absolute atomic E-state index is 0.376. The average molecular weight is 393 g/mol. The van der Waals surface area contributed by atoms with Crippen molar-refractivity contribution in [3.8, 4) is 5.75 Å². The van der Waals surface area contributed by atoms with Crippen LogP contribution in [0, 0.1) is 0 Å². The van der Waals surface area contributed by atoms with E-state index in [4.69, 9.17) is 9.47 Å². The van der Waals surface area contributed by atoms with E-state index in [9.17, 15) is 0 Å². The summed E-state index contributed by atoms with van der Waals surface area (Å²) in [6.45, 7) is 2.43. The highest BCUT2D eigenvalue weighted by Gasteiger charge is 2.16. The Morgan fingerprint density at radius 3 is 2.68 bits per heavy atom. The van der Waals surface area contributed by atoms with Crippen LogP contribution in [0.2, 0.25) is 0 Å². The zero-order chi connectivity index (χ0) is 13.7. The summed E-state index contributed by atoms with van der Waals surface area (Å²) in [5.41, 5.74) is 1.22. The van der Waals surface area contributed by atoms with E-state index in [0.717, 1.165) is 40.7 Å². The third-order valence-corrected chi connectivity index (χ3v) is 4.33. The second-order valence-corrected chi connectivity index (χ2v) is 6.40. The molecule has 1 aliphatic rings. The normalized spacial score (nSPS) is 18.8. The minimum atomic E-state index is 0.376. The van der Waals surface area contributed by atoms with Gasteiger partial charge >= 0.3 is 0 Å². The molecule has 106 valence electrons. The van der Waals surface area contributed by atoms with E-state index in [1.807, 2.05) is 7.05 Å². The smallest absolute Gasteiger partial charge is 0.147 e. The fourth-order valence-electron chi connectivity index (χ4n) is 2.22. The van der Waals surface area contributed by atoms with Crippen LogP contribution in [0.1, 0.15) is 24.8 Å². The number of hydrogen-bond donors (Lipinski definition) is 1. The van der Waals surface area contributed by atoms with E-state index in [1.165, 1.54) is 12.0 Å². The number of halogens is 2. The van der Waals surface area contributed by atoms with Gasteiger partial charge in [-0.2, -0.15) is 0 Å². The molecule has 0 radical (unpaired) electrons. The first-order chi connectivity index (χ1) is 9.20. The van der Waals surface area contributed by atoms with Gasteiger partial charge in [0.15, 0.2) is 0 Å². The number of nitrogens with one attached hydrogen (secondary N) is 1. The zero-order valence-electron chi connectivity index (χ0n) is 11.0. The third kappa shape index (κ3) is 4.45. The number of ether oxygens (including phenoxy) is 2. The Morgan fingerprint density at radius 1 is 1.37 bits per heavy atom. The van der Waals surface area contributed by atoms with Crippen LogP contribution < -0.4 is 10.1 Å². The van der Waals surface area contributed by atoms with Crippen molar-refractivity contribution in [2.24, 2.45) is 0 Å². The van der Waals surface area contributed by atoms with Crippen molar-refractivity contribution in [1.29, 1.82) is 0 Å². The van der Waals surface area contributed by atoms with Crippen molar-refractivity contribution in [1.82, 2.24) is 5.32 Å². The number of benzene rings is 1. The molecule has 1 heterocycles. The van der Waals surface area contributed by atoms with Crippen molar-refractivity contribution in [2.75, 3.05) is 20.3 Å². The van der Waals surface area contributed by atoms with Gasteiger partial charge in [-0.1, -0.05) is 0 Å². The Kier molecular flexibility index (Phi) is 6.13. The van der Waals surface area contributed by atoms with Gasteiger partial charge in [0.1, 0.15) is 5.75 Å². The molecule has 0 amide bonds. The molecule has 19 heavy (non-hydrogen) atoms. The van der Waals surface area contributed by atoms with Crippen molar-refractivity contribution in [3.05, 3.63) is 26.6 Å². The summed E-state index contributed by atoms with van der Waals surface area (Å²) in [7, 11) is 1.94. The van der Waals surface area contributed by atoms with Gasteiger partial charge in [0.2, 0.25) is 0 Å². The van der Waals surface area contributed by atoms with Crippen molar-refractivity contribution < 1.29 is 9.47 Å². The molecule has 3 nitrogen and oxygen atoms in total. The lowest BCUT2D eigenvalue weighted by Crippen LogP contribution is -2.11. The van der Waals surface area contributed by atoms with Gasteiger partial charge in [0.05, 0.1) is 21.7 Å². The lowest BCUT2D eigenvalue weighted by atomic mass is 10.2. The average Bonchev–Trinajstić information content (AvgIpc) is 2.86. The highest BCUT2D eigenvalue weighted by Crippen LogP contribution is 2.35. The van der Waals surface area contributed by atoms with E-state index < -0.39 is 0 Å². The lowest BCUT2D eigenvalue weighted by molar-refractivity contribution is 0.0901. The number of hydrogen-bond acceptors (Lipinski definition) is 3. The topological polar surface area (TPSA) is 30.5 Å². The summed E-state index contributed by atoms with van der Waals surface area (Å²) in [4.78, 5) is 0. The van der Waals surface area contributed by atoms with Crippen molar-refractivity contribution >= 4 is 31.9 Å². The molecule has 1 unspecified atom stereocenters. The van der Waals surface area contributed by atoms with Gasteiger partial charge in [-0.15, -0.1) is 0 Å². The molecule has 5 heteroatoms. The summed E-state index contributed by atoms with van der Waals surface area (Å²) in [6, 6.07) is 4.17. The lowest BCUT2D eigenvalue weighted by Gasteiger charge is -2.14. The highest BCUT2D eigenvalue weighted by atomic mass is 79.9. The van der Waals surface area contributed by atoms with E-state index in [1.54, 1.807) is 0 Å². The molecule has 1 saturated heterocycles. The first kappa shape index (κ1) is 15.3. The monoisotopic (exact) mass is 391 g/mol. The molecule has 1 atom stereocenters. The van der Waals surface area contributed by atoms with Gasteiger partial charge in [0.25, 0.3) is 0 Å². The molecule has 1 aromatic carbocycles. The first-order valence-corrected chi connectivity index (χ1v) is 8.16. The van der Waals surface area contributed by atoms with E-state index >= 15 is 0 Å². The standard InChI is InChI=1S/C14H19Br2NO2/c1-17-9-10-7-12(15)14(13(16)8-10)19-6-4-11-3-2-5-18-11/h7-8,11,17H,2-6,9H2,1H3. The predicted molar refractivity (Wildman–Crippen MR) is 83.7 cm³/mol. The fraction of sp³-hybridized carbons (Fsp3) is 0.571. The Hall–Kier alpha value is -0.100. The first-order valence-electron chi connectivity index (χ1n) is 6.57. The fourth-order valence-corrected chi connectivity index (χ4v) is 3.73. The summed E-state index contributed by atoms with van der Waals surface area (Å²) >= 11 is 7.14. The largest absolute Gasteiger partial charge is 0.491 e. The highest BCUT2D eigenvalue weighted by molar-refractivity contribution is 9.11. The van der Waals surface area contributed by atoms with Crippen molar-refractivity contribution in [2.45, 2.75) is 31.9 Å². The van der Waals surface area contributed by atoms with Crippen LogP contribution in [0.15, 0.2) is 21.1 Å². The molecule has 0 bridgehead atoms. The third-order valence-electron chi connectivity index (χ3n) is 3.15. The quantitative estimate of drug-likeness (QED) is 0.796. The Bertz CT molecular complexity index is 397. The molecule has 0 aromatic heterocycles. The Morgan fingerprint density at radius 2 is 2.11 bits per heavy atom. The molecule has 1 aliphatic heterocycles. The molecule has 1 fully saturated rings. The van der Waals surface area contributed by atoms with Crippen LogP contribution in [-0.2, 0) is 11.3 Å². The molecule has 1 aromatic rings. The summed E-state index contributed by atoms with van der Waals surface area (Å²) in [6.07, 6.45) is 3.67. The van der Waals surface area contributed by atoms with Crippen LogP contribution >= 0.6 is 31.9 Å². The van der Waals surface area contributed by atoms with Crippen molar-refractivity contribution in [3.63, 3.8) is 0 Å². The van der Waals surface area contributed by atoms with Gasteiger partial charge in [-0.25, -0.2) is 0 Å². The maximum absolute atomic E-state index is 5.87.